The van der Waals surface area contributed by atoms with Crippen LogP contribution in [-0.4, -0.2) is 51.3 Å². The zero-order chi connectivity index (χ0) is 22.2. The lowest BCUT2D eigenvalue weighted by molar-refractivity contribution is -0.167. The Balaban J connectivity index is 1.91. The van der Waals surface area contributed by atoms with Gasteiger partial charge in [0.25, 0.3) is 0 Å². The highest BCUT2D eigenvalue weighted by Gasteiger charge is 2.38. The van der Waals surface area contributed by atoms with Crippen LogP contribution in [0.1, 0.15) is 57.1 Å². The Morgan fingerprint density at radius 3 is 2.17 bits per heavy atom. The minimum absolute atomic E-state index is 0.0616. The summed E-state index contributed by atoms with van der Waals surface area (Å²) < 4.78 is 15.7. The number of rotatable bonds is 10. The Morgan fingerprint density at radius 2 is 1.60 bits per heavy atom. The fourth-order valence-corrected chi connectivity index (χ4v) is 7.36. The molecule has 1 aromatic rings. The summed E-state index contributed by atoms with van der Waals surface area (Å²) in [6.07, 6.45) is 8.13. The van der Waals surface area contributed by atoms with E-state index < -0.39 is 24.6 Å². The smallest absolute Gasteiger partial charge is 0.317 e. The summed E-state index contributed by atoms with van der Waals surface area (Å²) >= 11 is 0. The molecule has 0 aromatic heterocycles. The van der Waals surface area contributed by atoms with Crippen LogP contribution in [0.2, 0.25) is 0 Å². The van der Waals surface area contributed by atoms with Crippen LogP contribution < -0.4 is 0 Å². The lowest BCUT2D eigenvalue weighted by atomic mass is 9.93. The van der Waals surface area contributed by atoms with E-state index in [1.54, 1.807) is 6.92 Å². The molecular formula is C24H38O5P+. The maximum absolute atomic E-state index is 12.6. The first-order chi connectivity index (χ1) is 14.2. The maximum Gasteiger partial charge on any atom is 0.317 e. The second kappa shape index (κ2) is 11.2. The van der Waals surface area contributed by atoms with Gasteiger partial charge in [0.1, 0.15) is 18.6 Å². The van der Waals surface area contributed by atoms with Crippen LogP contribution in [-0.2, 0) is 36.6 Å². The first-order valence-electron chi connectivity index (χ1n) is 10.9. The predicted molar refractivity (Wildman–Crippen MR) is 122 cm³/mol. The van der Waals surface area contributed by atoms with Crippen molar-refractivity contribution in [3.8, 4) is 0 Å². The third kappa shape index (κ3) is 7.35. The summed E-state index contributed by atoms with van der Waals surface area (Å²) in [7, 11) is 0.537. The number of esters is 2. The van der Waals surface area contributed by atoms with E-state index in [2.05, 4.69) is 25.5 Å². The van der Waals surface area contributed by atoms with Gasteiger partial charge < -0.3 is 14.2 Å². The van der Waals surface area contributed by atoms with Crippen molar-refractivity contribution in [1.82, 2.24) is 0 Å². The molecule has 1 aromatic carbocycles. The largest absolute Gasteiger partial charge is 0.465 e. The SMILES string of the molecule is COCC(C)(COC(C)=O)C(=O)OCc1ccc(C[P+](C)(C)C2CCCCC2)cc1. The quantitative estimate of drug-likeness (QED) is 0.378. The van der Waals surface area contributed by atoms with Crippen LogP contribution in [0.5, 0.6) is 0 Å². The summed E-state index contributed by atoms with van der Waals surface area (Å²) in [5.74, 6) is -0.862. The molecular weight excluding hydrogens is 399 g/mol. The minimum atomic E-state index is -1.02. The number of benzene rings is 1. The average Bonchev–Trinajstić information content (AvgIpc) is 2.72. The molecule has 0 heterocycles. The van der Waals surface area contributed by atoms with Gasteiger partial charge in [0, 0.05) is 34.6 Å². The van der Waals surface area contributed by atoms with Crippen molar-refractivity contribution < 1.29 is 23.8 Å². The zero-order valence-corrected chi connectivity index (χ0v) is 20.1. The molecule has 0 spiro atoms. The summed E-state index contributed by atoms with van der Waals surface area (Å²) in [5.41, 5.74) is 2.21. The molecule has 1 aliphatic rings. The van der Waals surface area contributed by atoms with Gasteiger partial charge in [-0.3, -0.25) is 9.59 Å². The summed E-state index contributed by atoms with van der Waals surface area (Å²) in [5, 5.41) is 0. The van der Waals surface area contributed by atoms with Gasteiger partial charge in [-0.05, 0) is 43.7 Å². The van der Waals surface area contributed by atoms with E-state index in [0.29, 0.717) is 0 Å². The van der Waals surface area contributed by atoms with Gasteiger partial charge in [0.2, 0.25) is 0 Å². The van der Waals surface area contributed by atoms with Crippen LogP contribution in [0, 0.1) is 5.41 Å². The molecule has 168 valence electrons. The lowest BCUT2D eigenvalue weighted by Crippen LogP contribution is -2.39. The van der Waals surface area contributed by atoms with E-state index >= 15 is 0 Å². The Bertz CT molecular complexity index is 694. The molecule has 0 N–H and O–H groups in total. The zero-order valence-electron chi connectivity index (χ0n) is 19.2. The maximum atomic E-state index is 12.6. The van der Waals surface area contributed by atoms with Crippen LogP contribution in [0.3, 0.4) is 0 Å². The number of hydrogen-bond donors (Lipinski definition) is 0. The molecule has 5 nitrogen and oxygen atoms in total. The number of carbonyl (C=O) groups is 2. The Kier molecular flexibility index (Phi) is 9.31. The first kappa shape index (κ1) is 24.8. The third-order valence-electron chi connectivity index (χ3n) is 6.10. The molecule has 2 rings (SSSR count). The highest BCUT2D eigenvalue weighted by Crippen LogP contribution is 2.62. The van der Waals surface area contributed by atoms with Crippen LogP contribution in [0.4, 0.5) is 0 Å². The van der Waals surface area contributed by atoms with Gasteiger partial charge in [-0.2, -0.15) is 0 Å². The Morgan fingerprint density at radius 1 is 1.00 bits per heavy atom. The fourth-order valence-electron chi connectivity index (χ4n) is 4.18. The van der Waals surface area contributed by atoms with Gasteiger partial charge in [-0.1, -0.05) is 30.7 Å². The molecule has 0 bridgehead atoms. The van der Waals surface area contributed by atoms with Crippen molar-refractivity contribution in [1.29, 1.82) is 0 Å². The number of hydrogen-bond acceptors (Lipinski definition) is 5. The second-order valence-electron chi connectivity index (χ2n) is 9.40. The van der Waals surface area contributed by atoms with Crippen LogP contribution >= 0.6 is 7.26 Å². The van der Waals surface area contributed by atoms with E-state index in [0.717, 1.165) is 11.2 Å². The molecule has 1 fully saturated rings. The van der Waals surface area contributed by atoms with E-state index in [4.69, 9.17) is 14.2 Å². The highest BCUT2D eigenvalue weighted by atomic mass is 31.2. The summed E-state index contributed by atoms with van der Waals surface area (Å²) in [6, 6.07) is 8.42. The van der Waals surface area contributed by atoms with Gasteiger partial charge in [0.15, 0.2) is 0 Å². The normalized spacial score (nSPS) is 17.2. The molecule has 0 aliphatic heterocycles. The van der Waals surface area contributed by atoms with Crippen molar-refractivity contribution in [2.24, 2.45) is 5.41 Å². The number of ether oxygens (including phenoxy) is 3. The highest BCUT2D eigenvalue weighted by molar-refractivity contribution is 7.74. The van der Waals surface area contributed by atoms with E-state index in [9.17, 15) is 9.59 Å². The van der Waals surface area contributed by atoms with E-state index in [1.807, 2.05) is 12.1 Å². The van der Waals surface area contributed by atoms with Crippen LogP contribution in [0.25, 0.3) is 0 Å². The number of carbonyl (C=O) groups excluding carboxylic acids is 2. The van der Waals surface area contributed by atoms with Gasteiger partial charge in [0.05, 0.1) is 18.4 Å². The lowest BCUT2D eigenvalue weighted by Gasteiger charge is -2.31. The fraction of sp³-hybridized carbons (Fsp3) is 0.667. The predicted octanol–water partition coefficient (Wildman–Crippen LogP) is 5.06. The molecule has 1 aliphatic carbocycles. The molecule has 0 radical (unpaired) electrons. The van der Waals surface area contributed by atoms with Crippen LogP contribution in [0.15, 0.2) is 24.3 Å². The Hall–Kier alpha value is -1.45. The first-order valence-corrected chi connectivity index (χ1v) is 13.8. The van der Waals surface area contributed by atoms with Crippen molar-refractivity contribution in [3.63, 3.8) is 0 Å². The number of methoxy groups -OCH3 is 1. The second-order valence-corrected chi connectivity index (χ2v) is 14.0. The molecule has 1 unspecified atom stereocenters. The van der Waals surface area contributed by atoms with Gasteiger partial charge >= 0.3 is 11.9 Å². The van der Waals surface area contributed by atoms with Gasteiger partial charge in [-0.25, -0.2) is 0 Å². The summed E-state index contributed by atoms with van der Waals surface area (Å²) in [6.45, 7) is 8.25. The topological polar surface area (TPSA) is 61.8 Å². The summed E-state index contributed by atoms with van der Waals surface area (Å²) in [4.78, 5) is 23.7. The molecule has 6 heteroatoms. The molecule has 1 saturated carbocycles. The van der Waals surface area contributed by atoms with E-state index in [1.165, 1.54) is 57.9 Å². The van der Waals surface area contributed by atoms with E-state index in [-0.39, 0.29) is 19.8 Å². The van der Waals surface area contributed by atoms with Crippen molar-refractivity contribution in [2.45, 2.75) is 64.4 Å². The molecule has 0 saturated heterocycles. The molecule has 30 heavy (non-hydrogen) atoms. The van der Waals surface area contributed by atoms with Crippen molar-refractivity contribution >= 4 is 19.2 Å². The third-order valence-corrected chi connectivity index (χ3v) is 9.77. The Labute approximate surface area is 182 Å². The average molecular weight is 438 g/mol. The van der Waals surface area contributed by atoms with Gasteiger partial charge in [-0.15, -0.1) is 0 Å². The standard InChI is InChI=1S/C24H38O5P/c1-19(25)29-18-24(2,17-27-3)23(26)28-15-20-11-13-21(14-12-20)16-30(4,5)22-9-7-6-8-10-22/h11-14,22H,6-10,15-18H2,1-5H3/q+1. The molecule has 1 atom stereocenters. The van der Waals surface area contributed by atoms with Crippen molar-refractivity contribution in [3.05, 3.63) is 35.4 Å². The monoisotopic (exact) mass is 437 g/mol. The van der Waals surface area contributed by atoms with Crippen molar-refractivity contribution in [2.75, 3.05) is 33.7 Å². The minimum Gasteiger partial charge on any atom is -0.465 e. The molecule has 0 amide bonds.